The molecule has 0 atom stereocenters. The molecule has 3 aromatic rings. The third-order valence-electron chi connectivity index (χ3n) is 4.97. The van der Waals surface area contributed by atoms with E-state index in [2.05, 4.69) is 10.6 Å². The summed E-state index contributed by atoms with van der Waals surface area (Å²) in [6.07, 6.45) is 6.92. The van der Waals surface area contributed by atoms with E-state index < -0.39 is 30.4 Å². The highest BCUT2D eigenvalue weighted by Crippen LogP contribution is 2.20. The fraction of sp³-hybridized carbons (Fsp3) is 0.111. The van der Waals surface area contributed by atoms with Crippen LogP contribution in [0, 0.1) is 12.5 Å². The number of rotatable bonds is 12. The van der Waals surface area contributed by atoms with E-state index in [0.717, 1.165) is 6.07 Å². The van der Waals surface area contributed by atoms with Crippen LogP contribution in [0.15, 0.2) is 66.7 Å². The first-order valence-electron chi connectivity index (χ1n) is 11.0. The van der Waals surface area contributed by atoms with Crippen molar-refractivity contribution in [3.8, 4) is 29.8 Å². The number of para-hydroxylation sites is 1. The van der Waals surface area contributed by atoms with Crippen LogP contribution in [0.3, 0.4) is 0 Å². The minimum Gasteiger partial charge on any atom is -0.490 e. The number of hydrogen-bond acceptors (Lipinski definition) is 7. The lowest BCUT2D eigenvalue weighted by Crippen LogP contribution is -2.38. The minimum atomic E-state index is -1.39. The van der Waals surface area contributed by atoms with Crippen LogP contribution in [-0.4, -0.2) is 53.8 Å². The van der Waals surface area contributed by atoms with E-state index in [0.29, 0.717) is 5.75 Å². The van der Waals surface area contributed by atoms with E-state index in [9.17, 15) is 29.4 Å². The van der Waals surface area contributed by atoms with Gasteiger partial charge >= 0.3 is 11.9 Å². The molecule has 0 radical (unpaired) electrons. The summed E-state index contributed by atoms with van der Waals surface area (Å²) in [6.45, 7) is -0.0508. The Kier molecular flexibility index (Phi) is 9.26. The molecule has 0 aliphatic rings. The summed E-state index contributed by atoms with van der Waals surface area (Å²) < 4.78 is 15.8. The Hall–Kier alpha value is -5.50. The van der Waals surface area contributed by atoms with Crippen LogP contribution >= 0.6 is 0 Å². The Labute approximate surface area is 217 Å². The molecular formula is C27H22N2O9. The number of nitrogens with one attached hydrogen (secondary N) is 2. The topological polar surface area (TPSA) is 160 Å². The molecule has 0 heterocycles. The van der Waals surface area contributed by atoms with Gasteiger partial charge in [0.1, 0.15) is 36.6 Å². The molecule has 4 N–H and O–H groups in total. The average Bonchev–Trinajstić information content (AvgIpc) is 2.91. The lowest BCUT2D eigenvalue weighted by molar-refractivity contribution is 0.0683. The van der Waals surface area contributed by atoms with Crippen molar-refractivity contribution in [3.05, 3.63) is 89.0 Å². The second-order valence-electron chi connectivity index (χ2n) is 7.44. The molecule has 0 spiro atoms. The second-order valence-corrected chi connectivity index (χ2v) is 7.44. The van der Waals surface area contributed by atoms with E-state index in [1.807, 2.05) is 24.3 Å². The number of ether oxygens (including phenoxy) is 3. The van der Waals surface area contributed by atoms with Crippen molar-refractivity contribution in [3.63, 3.8) is 0 Å². The third kappa shape index (κ3) is 7.25. The number of carboxylic acid groups (broad SMARTS) is 2. The van der Waals surface area contributed by atoms with Crippen molar-refractivity contribution in [2.75, 3.05) is 19.9 Å². The molecule has 38 heavy (non-hydrogen) atoms. The molecule has 2 amide bonds. The molecule has 0 aliphatic carbocycles. The average molecular weight is 518 g/mol. The monoisotopic (exact) mass is 518 g/mol. The second kappa shape index (κ2) is 13.0. The lowest BCUT2D eigenvalue weighted by Gasteiger charge is -2.12. The maximum absolute atomic E-state index is 12.6. The first kappa shape index (κ1) is 27.1. The normalized spacial score (nSPS) is 9.97. The Balaban J connectivity index is 1.58. The molecule has 11 nitrogen and oxygen atoms in total. The molecule has 11 heteroatoms. The van der Waals surface area contributed by atoms with Gasteiger partial charge in [0.05, 0.1) is 28.9 Å². The number of aromatic carboxylic acids is 2. The van der Waals surface area contributed by atoms with Crippen LogP contribution in [0.4, 0.5) is 0 Å². The summed E-state index contributed by atoms with van der Waals surface area (Å²) in [5.74, 6) is -3.37. The third-order valence-corrected chi connectivity index (χ3v) is 4.97. The highest BCUT2D eigenvalue weighted by atomic mass is 16.5. The fourth-order valence-electron chi connectivity index (χ4n) is 3.25. The van der Waals surface area contributed by atoms with E-state index in [-0.39, 0.29) is 47.0 Å². The van der Waals surface area contributed by atoms with Crippen molar-refractivity contribution >= 4 is 23.8 Å². The SMILES string of the molecule is C#COc1ccc(C(=O)NCNC(=O)c2ccc(OCCOc3ccccc3)cc2C(=O)O)c(C(=O)O)c1. The predicted molar refractivity (Wildman–Crippen MR) is 133 cm³/mol. The smallest absolute Gasteiger partial charge is 0.336 e. The molecular weight excluding hydrogens is 496 g/mol. The molecule has 0 fully saturated rings. The molecule has 0 saturated carbocycles. The molecule has 0 aromatic heterocycles. The summed E-state index contributed by atoms with van der Waals surface area (Å²) in [6, 6.07) is 16.6. The van der Waals surface area contributed by atoms with Crippen molar-refractivity contribution in [1.82, 2.24) is 10.6 Å². The quantitative estimate of drug-likeness (QED) is 0.160. The van der Waals surface area contributed by atoms with Gasteiger partial charge in [-0.15, -0.1) is 0 Å². The van der Waals surface area contributed by atoms with Crippen molar-refractivity contribution in [1.29, 1.82) is 0 Å². The van der Waals surface area contributed by atoms with E-state index in [4.69, 9.17) is 20.6 Å². The van der Waals surface area contributed by atoms with E-state index in [1.165, 1.54) is 30.3 Å². The zero-order valence-electron chi connectivity index (χ0n) is 19.8. The Bertz CT molecular complexity index is 1380. The first-order chi connectivity index (χ1) is 18.3. The molecule has 0 unspecified atom stereocenters. The van der Waals surface area contributed by atoms with E-state index >= 15 is 0 Å². The molecule has 3 aromatic carbocycles. The Morgan fingerprint density at radius 2 is 1.18 bits per heavy atom. The van der Waals surface area contributed by atoms with Crippen molar-refractivity contribution in [2.24, 2.45) is 0 Å². The summed E-state index contributed by atoms with van der Waals surface area (Å²) in [5, 5.41) is 23.6. The van der Waals surface area contributed by atoms with Gasteiger partial charge in [-0.05, 0) is 48.5 Å². The number of amides is 2. The first-order valence-corrected chi connectivity index (χ1v) is 11.0. The number of benzene rings is 3. The van der Waals surface area contributed by atoms with Gasteiger partial charge in [0.2, 0.25) is 0 Å². The summed E-state index contributed by atoms with van der Waals surface area (Å²) in [5.41, 5.74) is -1.03. The van der Waals surface area contributed by atoms with Gasteiger partial charge in [-0.1, -0.05) is 24.6 Å². The molecule has 0 bridgehead atoms. The summed E-state index contributed by atoms with van der Waals surface area (Å²) in [4.78, 5) is 48.3. The van der Waals surface area contributed by atoms with Crippen LogP contribution in [0.2, 0.25) is 0 Å². The van der Waals surface area contributed by atoms with Crippen molar-refractivity contribution < 1.29 is 43.6 Å². The van der Waals surface area contributed by atoms with Crippen LogP contribution in [-0.2, 0) is 0 Å². The van der Waals surface area contributed by atoms with Crippen LogP contribution in [0.1, 0.15) is 41.4 Å². The number of terminal acetylenes is 1. The highest BCUT2D eigenvalue weighted by Gasteiger charge is 2.20. The largest absolute Gasteiger partial charge is 0.490 e. The van der Waals surface area contributed by atoms with Crippen LogP contribution in [0.25, 0.3) is 0 Å². The van der Waals surface area contributed by atoms with Gasteiger partial charge < -0.3 is 35.1 Å². The maximum atomic E-state index is 12.6. The molecule has 0 saturated heterocycles. The lowest BCUT2D eigenvalue weighted by atomic mass is 10.1. The van der Waals surface area contributed by atoms with Gasteiger partial charge in [0, 0.05) is 0 Å². The van der Waals surface area contributed by atoms with Gasteiger partial charge in [-0.2, -0.15) is 0 Å². The van der Waals surface area contributed by atoms with E-state index in [1.54, 1.807) is 12.1 Å². The zero-order valence-corrected chi connectivity index (χ0v) is 19.8. The number of carbonyl (C=O) groups excluding carboxylic acids is 2. The standard InChI is InChI=1S/C27H22N2O9/c1-2-36-18-8-10-20(22(14-18)26(32)33)24(30)28-16-29-25(31)21-11-9-19(15-23(21)27(34)35)38-13-12-37-17-6-4-3-5-7-17/h1,3-11,14-15H,12-13,16H2,(H,28,30)(H,29,31)(H,32,33)(H,34,35). The highest BCUT2D eigenvalue weighted by molar-refractivity contribution is 6.06. The molecule has 194 valence electrons. The number of hydrogen-bond donors (Lipinski definition) is 4. The molecule has 0 aliphatic heterocycles. The Morgan fingerprint density at radius 3 is 1.71 bits per heavy atom. The van der Waals surface area contributed by atoms with Gasteiger partial charge in [0.25, 0.3) is 11.8 Å². The zero-order chi connectivity index (χ0) is 27.5. The summed E-state index contributed by atoms with van der Waals surface area (Å²) in [7, 11) is 0. The summed E-state index contributed by atoms with van der Waals surface area (Å²) >= 11 is 0. The van der Waals surface area contributed by atoms with Gasteiger partial charge in [0.15, 0.2) is 0 Å². The van der Waals surface area contributed by atoms with Crippen molar-refractivity contribution in [2.45, 2.75) is 0 Å². The van der Waals surface area contributed by atoms with Crippen LogP contribution < -0.4 is 24.8 Å². The predicted octanol–water partition coefficient (Wildman–Crippen LogP) is 2.63. The van der Waals surface area contributed by atoms with Gasteiger partial charge in [-0.25, -0.2) is 9.59 Å². The fourth-order valence-corrected chi connectivity index (χ4v) is 3.25. The van der Waals surface area contributed by atoms with Gasteiger partial charge in [-0.3, -0.25) is 9.59 Å². The maximum Gasteiger partial charge on any atom is 0.336 e. The minimum absolute atomic E-state index is 0.0621. The number of carboxylic acids is 2. The number of carbonyl (C=O) groups is 4. The Morgan fingerprint density at radius 1 is 0.684 bits per heavy atom. The molecule has 3 rings (SSSR count). The van der Waals surface area contributed by atoms with Crippen LogP contribution in [0.5, 0.6) is 17.2 Å².